The topological polar surface area (TPSA) is 76.0 Å². The van der Waals surface area contributed by atoms with Crippen LogP contribution in [0.3, 0.4) is 0 Å². The van der Waals surface area contributed by atoms with Gasteiger partial charge in [0, 0.05) is 18.2 Å². The minimum absolute atomic E-state index is 0.0689. The first-order valence-electron chi connectivity index (χ1n) is 6.79. The van der Waals surface area contributed by atoms with Crippen molar-refractivity contribution in [3.8, 4) is 0 Å². The van der Waals surface area contributed by atoms with Crippen molar-refractivity contribution >= 4 is 11.6 Å². The van der Waals surface area contributed by atoms with Gasteiger partial charge >= 0.3 is 0 Å². The molecule has 0 aromatic carbocycles. The molecule has 0 aliphatic heterocycles. The number of nitrogens with zero attached hydrogens (tertiary/aromatic N) is 2. The van der Waals surface area contributed by atoms with Crippen LogP contribution in [0.4, 0.5) is 5.69 Å². The molecule has 6 nitrogen and oxygen atoms in total. The van der Waals surface area contributed by atoms with Crippen molar-refractivity contribution in [2.24, 2.45) is 5.92 Å². The van der Waals surface area contributed by atoms with Crippen molar-refractivity contribution in [3.05, 3.63) is 22.6 Å². The zero-order chi connectivity index (χ0) is 15.3. The highest BCUT2D eigenvalue weighted by molar-refractivity contribution is 5.76. The van der Waals surface area contributed by atoms with Crippen molar-refractivity contribution in [2.75, 3.05) is 11.9 Å². The molecule has 0 saturated carbocycles. The summed E-state index contributed by atoms with van der Waals surface area (Å²) in [5, 5.41) is 9.93. The Balaban J connectivity index is 2.69. The summed E-state index contributed by atoms with van der Waals surface area (Å²) in [5.41, 5.74) is 0.0680. The van der Waals surface area contributed by atoms with Crippen LogP contribution >= 0.6 is 0 Å². The van der Waals surface area contributed by atoms with E-state index in [1.165, 1.54) is 6.07 Å². The Morgan fingerprint density at radius 2 is 2.05 bits per heavy atom. The molecule has 1 aromatic heterocycles. The first-order valence-corrected chi connectivity index (χ1v) is 6.79. The van der Waals surface area contributed by atoms with E-state index in [4.69, 9.17) is 0 Å². The van der Waals surface area contributed by atoms with E-state index in [0.717, 1.165) is 11.2 Å². The molecule has 0 aliphatic rings. The first-order chi connectivity index (χ1) is 9.17. The Kier molecular flexibility index (Phi) is 5.30. The van der Waals surface area contributed by atoms with Gasteiger partial charge in [-0.05, 0) is 26.7 Å². The molecule has 0 radical (unpaired) electrons. The summed E-state index contributed by atoms with van der Waals surface area (Å²) in [6.45, 7) is 10.5. The summed E-state index contributed by atoms with van der Waals surface area (Å²) in [5.74, 6) is 0.255. The maximum Gasteiger partial charge on any atom is 0.269 e. The van der Waals surface area contributed by atoms with Crippen molar-refractivity contribution in [2.45, 2.75) is 46.7 Å². The molecule has 112 valence electrons. The van der Waals surface area contributed by atoms with Crippen LogP contribution in [0.1, 0.15) is 34.6 Å². The van der Waals surface area contributed by atoms with Gasteiger partial charge in [-0.2, -0.15) is 5.10 Å². The number of amides is 1. The van der Waals surface area contributed by atoms with Crippen LogP contribution in [0.25, 0.3) is 0 Å². The Morgan fingerprint density at radius 1 is 1.40 bits per heavy atom. The van der Waals surface area contributed by atoms with Gasteiger partial charge in [0.1, 0.15) is 6.54 Å². The number of carbonyl (C=O) groups excluding carboxylic acids is 1. The number of hydrogen-bond acceptors (Lipinski definition) is 4. The van der Waals surface area contributed by atoms with Gasteiger partial charge in [-0.1, -0.05) is 13.8 Å². The van der Waals surface area contributed by atoms with Crippen LogP contribution in [0, 0.1) is 5.92 Å². The summed E-state index contributed by atoms with van der Waals surface area (Å²) in [4.78, 5) is 23.6. The Labute approximate surface area is 119 Å². The van der Waals surface area contributed by atoms with Gasteiger partial charge < -0.3 is 10.6 Å². The predicted molar refractivity (Wildman–Crippen MR) is 79.7 cm³/mol. The molecule has 1 heterocycles. The summed E-state index contributed by atoms with van der Waals surface area (Å²) in [6.07, 6.45) is 1.56. The lowest BCUT2D eigenvalue weighted by atomic mass is 10.1. The maximum absolute atomic E-state index is 11.9. The monoisotopic (exact) mass is 280 g/mol. The molecule has 20 heavy (non-hydrogen) atoms. The lowest BCUT2D eigenvalue weighted by Crippen LogP contribution is -2.43. The normalized spacial score (nSPS) is 11.5. The Hall–Kier alpha value is -1.85. The van der Waals surface area contributed by atoms with Crippen LogP contribution in [-0.4, -0.2) is 27.8 Å². The molecule has 0 unspecified atom stereocenters. The fourth-order valence-electron chi connectivity index (χ4n) is 1.56. The predicted octanol–water partition coefficient (Wildman–Crippen LogP) is 1.23. The average Bonchev–Trinajstić information content (AvgIpc) is 2.27. The van der Waals surface area contributed by atoms with Gasteiger partial charge in [-0.25, -0.2) is 4.68 Å². The van der Waals surface area contributed by atoms with E-state index < -0.39 is 0 Å². The van der Waals surface area contributed by atoms with E-state index in [-0.39, 0.29) is 23.6 Å². The van der Waals surface area contributed by atoms with Crippen LogP contribution in [0.2, 0.25) is 0 Å². The zero-order valence-corrected chi connectivity index (χ0v) is 12.9. The van der Waals surface area contributed by atoms with Crippen molar-refractivity contribution in [1.82, 2.24) is 15.1 Å². The molecular formula is C14H24N4O2. The Morgan fingerprint density at radius 3 is 2.55 bits per heavy atom. The molecule has 0 aliphatic carbocycles. The van der Waals surface area contributed by atoms with E-state index in [0.29, 0.717) is 11.6 Å². The van der Waals surface area contributed by atoms with E-state index in [1.54, 1.807) is 6.20 Å². The summed E-state index contributed by atoms with van der Waals surface area (Å²) in [7, 11) is 0. The molecule has 0 spiro atoms. The third-order valence-electron chi connectivity index (χ3n) is 2.39. The van der Waals surface area contributed by atoms with E-state index >= 15 is 0 Å². The second kappa shape index (κ2) is 6.54. The summed E-state index contributed by atoms with van der Waals surface area (Å²) >= 11 is 0. The van der Waals surface area contributed by atoms with Gasteiger partial charge in [0.25, 0.3) is 5.56 Å². The number of rotatable bonds is 5. The lowest BCUT2D eigenvalue weighted by molar-refractivity contribution is -0.123. The minimum atomic E-state index is -0.320. The van der Waals surface area contributed by atoms with Crippen LogP contribution in [-0.2, 0) is 11.3 Å². The van der Waals surface area contributed by atoms with Crippen LogP contribution in [0.15, 0.2) is 17.1 Å². The van der Waals surface area contributed by atoms with Crippen molar-refractivity contribution in [3.63, 3.8) is 0 Å². The highest BCUT2D eigenvalue weighted by atomic mass is 16.2. The van der Waals surface area contributed by atoms with Crippen molar-refractivity contribution < 1.29 is 4.79 Å². The smallest absolute Gasteiger partial charge is 0.269 e. The number of aromatic nitrogens is 2. The Bertz CT molecular complexity index is 515. The number of carbonyl (C=O) groups is 1. The van der Waals surface area contributed by atoms with E-state index in [1.807, 2.05) is 20.8 Å². The molecule has 1 rings (SSSR count). The molecule has 0 fully saturated rings. The molecule has 0 saturated heterocycles. The molecular weight excluding hydrogens is 256 g/mol. The quantitative estimate of drug-likeness (QED) is 0.850. The van der Waals surface area contributed by atoms with E-state index in [2.05, 4.69) is 29.6 Å². The molecule has 0 atom stereocenters. The van der Waals surface area contributed by atoms with Crippen LogP contribution in [0.5, 0.6) is 0 Å². The fourth-order valence-corrected chi connectivity index (χ4v) is 1.56. The fraction of sp³-hybridized carbons (Fsp3) is 0.643. The van der Waals surface area contributed by atoms with Gasteiger partial charge in [0.05, 0.1) is 11.9 Å². The maximum atomic E-state index is 11.9. The standard InChI is InChI=1S/C14H24N4O2/c1-10(2)7-15-11-6-13(20)18(16-8-11)9-12(19)17-14(3,4)5/h6,8,10,15H,7,9H2,1-5H3,(H,17,19). The summed E-state index contributed by atoms with van der Waals surface area (Å²) in [6, 6.07) is 1.46. The lowest BCUT2D eigenvalue weighted by Gasteiger charge is -2.20. The molecule has 6 heteroatoms. The van der Waals surface area contributed by atoms with Crippen LogP contribution < -0.4 is 16.2 Å². The number of nitrogens with one attached hydrogen (secondary N) is 2. The highest BCUT2D eigenvalue weighted by Gasteiger charge is 2.14. The third kappa shape index (κ3) is 5.86. The SMILES string of the molecule is CC(C)CNc1cnn(CC(=O)NC(C)(C)C)c(=O)c1. The number of anilines is 1. The molecule has 1 aromatic rings. The van der Waals surface area contributed by atoms with Gasteiger partial charge in [-0.15, -0.1) is 0 Å². The molecule has 1 amide bonds. The largest absolute Gasteiger partial charge is 0.383 e. The van der Waals surface area contributed by atoms with Gasteiger partial charge in [0.2, 0.25) is 5.91 Å². The third-order valence-corrected chi connectivity index (χ3v) is 2.39. The highest BCUT2D eigenvalue weighted by Crippen LogP contribution is 2.02. The van der Waals surface area contributed by atoms with Gasteiger partial charge in [0.15, 0.2) is 0 Å². The van der Waals surface area contributed by atoms with E-state index in [9.17, 15) is 9.59 Å². The second-order valence-electron chi connectivity index (χ2n) is 6.31. The van der Waals surface area contributed by atoms with Crippen molar-refractivity contribution in [1.29, 1.82) is 0 Å². The molecule has 2 N–H and O–H groups in total. The average molecular weight is 280 g/mol. The van der Waals surface area contributed by atoms with Gasteiger partial charge in [-0.3, -0.25) is 9.59 Å². The first kappa shape index (κ1) is 16.2. The molecule has 0 bridgehead atoms. The summed E-state index contributed by atoms with van der Waals surface area (Å²) < 4.78 is 1.15. The number of hydrogen-bond donors (Lipinski definition) is 2. The zero-order valence-electron chi connectivity index (χ0n) is 12.9. The minimum Gasteiger partial charge on any atom is -0.383 e. The second-order valence-corrected chi connectivity index (χ2v) is 6.31.